The summed E-state index contributed by atoms with van der Waals surface area (Å²) >= 11 is 0. The topological polar surface area (TPSA) is 71.0 Å². The molecule has 3 heterocycles. The first-order valence-corrected chi connectivity index (χ1v) is 8.52. The largest absolute Gasteiger partial charge is 0.339 e. The van der Waals surface area contributed by atoms with E-state index in [2.05, 4.69) is 26.8 Å². The lowest BCUT2D eigenvalue weighted by Gasteiger charge is -2.31. The van der Waals surface area contributed by atoms with Crippen LogP contribution < -0.4 is 5.32 Å². The Morgan fingerprint density at radius 1 is 1.32 bits per heavy atom. The minimum atomic E-state index is -0.00467. The number of hydrogen-bond donors (Lipinski definition) is 1. The van der Waals surface area contributed by atoms with E-state index in [9.17, 15) is 4.79 Å². The summed E-state index contributed by atoms with van der Waals surface area (Å²) in [7, 11) is 0. The third-order valence-electron chi connectivity index (χ3n) is 4.35. The highest BCUT2D eigenvalue weighted by molar-refractivity contribution is 5.87. The van der Waals surface area contributed by atoms with Crippen LogP contribution >= 0.6 is 0 Å². The van der Waals surface area contributed by atoms with Crippen molar-refractivity contribution in [2.75, 3.05) is 18.4 Å². The number of anilines is 2. The summed E-state index contributed by atoms with van der Waals surface area (Å²) in [6.07, 6.45) is 5.21. The molecule has 0 spiro atoms. The fourth-order valence-electron chi connectivity index (χ4n) is 3.18. The normalized spacial score (nSPS) is 17.2. The maximum Gasteiger partial charge on any atom is 0.245 e. The van der Waals surface area contributed by atoms with Crippen molar-refractivity contribution in [1.82, 2.24) is 19.9 Å². The molecule has 2 aromatic heterocycles. The molecule has 0 aromatic carbocycles. The zero-order chi connectivity index (χ0) is 17.8. The maximum atomic E-state index is 11.8. The van der Waals surface area contributed by atoms with E-state index in [-0.39, 0.29) is 11.8 Å². The first-order valence-electron chi connectivity index (χ1n) is 8.52. The molecule has 1 unspecified atom stereocenters. The predicted molar refractivity (Wildman–Crippen MR) is 97.8 cm³/mol. The van der Waals surface area contributed by atoms with Crippen molar-refractivity contribution in [1.29, 1.82) is 0 Å². The number of amides is 1. The molecule has 1 atom stereocenters. The molecule has 1 aliphatic heterocycles. The monoisotopic (exact) mass is 337 g/mol. The van der Waals surface area contributed by atoms with Crippen LogP contribution in [0.25, 0.3) is 0 Å². The smallest absolute Gasteiger partial charge is 0.245 e. The Balaban J connectivity index is 1.69. The summed E-state index contributed by atoms with van der Waals surface area (Å²) in [5.74, 6) is 0.839. The molecule has 1 N–H and O–H groups in total. The predicted octanol–water partition coefficient (Wildman–Crippen LogP) is 3.12. The van der Waals surface area contributed by atoms with Gasteiger partial charge in [0.1, 0.15) is 0 Å². The van der Waals surface area contributed by atoms with Crippen molar-refractivity contribution in [2.45, 2.75) is 32.6 Å². The highest BCUT2D eigenvalue weighted by atomic mass is 16.2. The fourth-order valence-corrected chi connectivity index (χ4v) is 3.18. The van der Waals surface area contributed by atoms with Crippen LogP contribution in [0.15, 0.2) is 37.1 Å². The number of carbonyl (C=O) groups is 1. The van der Waals surface area contributed by atoms with Crippen molar-refractivity contribution in [3.05, 3.63) is 54.1 Å². The first-order chi connectivity index (χ1) is 12.0. The molecule has 0 radical (unpaired) electrons. The molecule has 6 nitrogen and oxygen atoms in total. The average molecular weight is 337 g/mol. The molecular formula is C19H23N5O. The molecule has 0 bridgehead atoms. The number of aromatic nitrogens is 3. The van der Waals surface area contributed by atoms with Crippen LogP contribution in [-0.4, -0.2) is 38.8 Å². The molecule has 2 aromatic rings. The third kappa shape index (κ3) is 4.21. The summed E-state index contributed by atoms with van der Waals surface area (Å²) in [4.78, 5) is 27.0. The van der Waals surface area contributed by atoms with Crippen molar-refractivity contribution < 1.29 is 4.79 Å². The van der Waals surface area contributed by atoms with Crippen LogP contribution in [0.3, 0.4) is 0 Å². The van der Waals surface area contributed by atoms with Gasteiger partial charge in [-0.15, -0.1) is 0 Å². The molecule has 1 saturated heterocycles. The summed E-state index contributed by atoms with van der Waals surface area (Å²) < 4.78 is 0. The van der Waals surface area contributed by atoms with Gasteiger partial charge in [-0.25, -0.2) is 9.97 Å². The summed E-state index contributed by atoms with van der Waals surface area (Å²) in [5.41, 5.74) is 3.71. The summed E-state index contributed by atoms with van der Waals surface area (Å²) in [6, 6.07) is 5.93. The quantitative estimate of drug-likeness (QED) is 0.868. The number of nitrogens with one attached hydrogen (secondary N) is 1. The van der Waals surface area contributed by atoms with Crippen LogP contribution in [0.5, 0.6) is 0 Å². The van der Waals surface area contributed by atoms with Gasteiger partial charge in [-0.2, -0.15) is 0 Å². The lowest BCUT2D eigenvalue weighted by molar-refractivity contribution is -0.127. The third-order valence-corrected chi connectivity index (χ3v) is 4.35. The van der Waals surface area contributed by atoms with Crippen molar-refractivity contribution in [2.24, 2.45) is 0 Å². The van der Waals surface area contributed by atoms with Gasteiger partial charge in [0.05, 0.1) is 11.9 Å². The molecule has 1 fully saturated rings. The second-order valence-electron chi connectivity index (χ2n) is 6.40. The molecular weight excluding hydrogens is 314 g/mol. The summed E-state index contributed by atoms with van der Waals surface area (Å²) in [5, 5.41) is 3.19. The molecule has 0 saturated carbocycles. The average Bonchev–Trinajstić information content (AvgIpc) is 2.61. The number of pyridine rings is 1. The van der Waals surface area contributed by atoms with E-state index in [1.807, 2.05) is 36.9 Å². The van der Waals surface area contributed by atoms with Gasteiger partial charge in [0, 0.05) is 36.1 Å². The van der Waals surface area contributed by atoms with Crippen LogP contribution in [0.2, 0.25) is 0 Å². The van der Waals surface area contributed by atoms with Crippen molar-refractivity contribution in [3.8, 4) is 0 Å². The van der Waals surface area contributed by atoms with Gasteiger partial charge in [-0.3, -0.25) is 9.78 Å². The number of aryl methyl sites for hydroxylation is 2. The Kier molecular flexibility index (Phi) is 5.07. The molecule has 3 rings (SSSR count). The van der Waals surface area contributed by atoms with E-state index in [1.165, 1.54) is 6.08 Å². The van der Waals surface area contributed by atoms with Crippen LogP contribution in [0.4, 0.5) is 11.6 Å². The van der Waals surface area contributed by atoms with Crippen LogP contribution in [0, 0.1) is 13.8 Å². The lowest BCUT2D eigenvalue weighted by atomic mass is 9.94. The molecule has 130 valence electrons. The zero-order valence-electron chi connectivity index (χ0n) is 14.7. The number of likely N-dealkylation sites (tertiary alicyclic amines) is 1. The second-order valence-corrected chi connectivity index (χ2v) is 6.40. The highest BCUT2D eigenvalue weighted by Crippen LogP contribution is 2.26. The Morgan fingerprint density at radius 2 is 2.08 bits per heavy atom. The number of nitrogens with zero attached hydrogens (tertiary/aromatic N) is 4. The van der Waals surface area contributed by atoms with Gasteiger partial charge in [-0.05, 0) is 51.0 Å². The Morgan fingerprint density at radius 3 is 2.72 bits per heavy atom. The Hall–Kier alpha value is -2.76. The van der Waals surface area contributed by atoms with Gasteiger partial charge in [-0.1, -0.05) is 6.58 Å². The molecule has 0 aliphatic carbocycles. The fraction of sp³-hybridized carbons (Fsp3) is 0.368. The molecule has 6 heteroatoms. The van der Waals surface area contributed by atoms with Crippen LogP contribution in [-0.2, 0) is 4.79 Å². The first kappa shape index (κ1) is 17.1. The molecule has 25 heavy (non-hydrogen) atoms. The number of hydrogen-bond acceptors (Lipinski definition) is 5. The van der Waals surface area contributed by atoms with Gasteiger partial charge in [0.15, 0.2) is 0 Å². The van der Waals surface area contributed by atoms with Gasteiger partial charge in [0.2, 0.25) is 11.9 Å². The van der Waals surface area contributed by atoms with Gasteiger partial charge >= 0.3 is 0 Å². The maximum absolute atomic E-state index is 11.8. The minimum absolute atomic E-state index is 0.00467. The van der Waals surface area contributed by atoms with E-state index in [0.717, 1.165) is 42.2 Å². The van der Waals surface area contributed by atoms with E-state index in [0.29, 0.717) is 12.5 Å². The second kappa shape index (κ2) is 7.42. The summed E-state index contributed by atoms with van der Waals surface area (Å²) in [6.45, 7) is 8.96. The lowest BCUT2D eigenvalue weighted by Crippen LogP contribution is -2.38. The molecule has 1 amide bonds. The van der Waals surface area contributed by atoms with E-state index in [1.54, 1.807) is 6.20 Å². The minimum Gasteiger partial charge on any atom is -0.339 e. The van der Waals surface area contributed by atoms with Gasteiger partial charge < -0.3 is 10.2 Å². The van der Waals surface area contributed by atoms with E-state index >= 15 is 0 Å². The highest BCUT2D eigenvalue weighted by Gasteiger charge is 2.24. The SMILES string of the molecule is C=CC(=O)N1CCCC(c2ccc(Nc3nc(C)cc(C)n3)cn2)C1. The standard InChI is InChI=1S/C19H23N5O/c1-4-18(25)24-9-5-6-15(12-24)17-8-7-16(11-20-17)23-19-21-13(2)10-14(3)22-19/h4,7-8,10-11,15H,1,5-6,9,12H2,2-3H3,(H,21,22,23). The number of carbonyl (C=O) groups excluding carboxylic acids is 1. The Bertz CT molecular complexity index is 752. The van der Waals surface area contributed by atoms with Crippen LogP contribution in [0.1, 0.15) is 35.8 Å². The zero-order valence-corrected chi connectivity index (χ0v) is 14.7. The molecule has 1 aliphatic rings. The number of rotatable bonds is 4. The van der Waals surface area contributed by atoms with Gasteiger partial charge in [0.25, 0.3) is 0 Å². The van der Waals surface area contributed by atoms with Crippen molar-refractivity contribution in [3.63, 3.8) is 0 Å². The van der Waals surface area contributed by atoms with E-state index < -0.39 is 0 Å². The Labute approximate surface area is 148 Å². The number of piperidine rings is 1. The van der Waals surface area contributed by atoms with Crippen molar-refractivity contribution >= 4 is 17.5 Å². The van der Waals surface area contributed by atoms with E-state index in [4.69, 9.17) is 0 Å².